The molecule has 15 heteroatoms. The van der Waals surface area contributed by atoms with Crippen LogP contribution in [0.4, 0.5) is 0 Å². The third kappa shape index (κ3) is 12.4. The van der Waals surface area contributed by atoms with Gasteiger partial charge < -0.3 is 47.8 Å². The molecule has 14 atom stereocenters. The molecule has 0 radical (unpaired) electrons. The molecule has 6 bridgehead atoms. The van der Waals surface area contributed by atoms with E-state index in [1.165, 1.54) is 0 Å². The Balaban J connectivity index is 1.61. The van der Waals surface area contributed by atoms with E-state index >= 15 is 0 Å². The highest BCUT2D eigenvalue weighted by molar-refractivity contribution is 6.56. The molecule has 5 aliphatic rings. The van der Waals surface area contributed by atoms with Gasteiger partial charge in [0, 0.05) is 18.3 Å². The van der Waals surface area contributed by atoms with Gasteiger partial charge in [-0.2, -0.15) is 0 Å². The molecule has 5 heterocycles. The summed E-state index contributed by atoms with van der Waals surface area (Å²) < 4.78 is 52.5. The van der Waals surface area contributed by atoms with Crippen LogP contribution < -0.4 is 0 Å². The van der Waals surface area contributed by atoms with Crippen molar-refractivity contribution in [2.24, 2.45) is 17.8 Å². The maximum Gasteiger partial charge on any atom is 0.536 e. The standard InChI is InChI=1S/C47H72BO14/c1-8-22-40-34(6)38(51)29-36(49)25-20-16-13-11-15-19-24-33(5)56-45(54)43-47-31(3)27-28-41(58-47)35(7)39(52)30-37(50)26-21-17-12-10-14-18-23-32(4)55-44(53)42-46(9-2,57-40)61-48(59-42,60-43)62-47/h10-17,31-37,40-43,49-50H,8-9,18-30H2,1-7H3/q-1/p+1. The first-order valence-electron chi connectivity index (χ1n) is 23.3. The second kappa shape index (κ2) is 22.7. The largest absolute Gasteiger partial charge is 0.536 e. The number of ketones is 2. The molecule has 0 amide bonds. The van der Waals surface area contributed by atoms with Crippen LogP contribution in [0.2, 0.25) is 0 Å². The van der Waals surface area contributed by atoms with Crippen LogP contribution in [0.25, 0.3) is 0 Å². The quantitative estimate of drug-likeness (QED) is 0.165. The van der Waals surface area contributed by atoms with Gasteiger partial charge in [-0.25, -0.2) is 9.59 Å². The van der Waals surface area contributed by atoms with E-state index in [4.69, 9.17) is 37.6 Å². The van der Waals surface area contributed by atoms with Gasteiger partial charge in [0.2, 0.25) is 0 Å². The molecule has 0 aliphatic carbocycles. The van der Waals surface area contributed by atoms with Crippen molar-refractivity contribution in [1.29, 1.82) is 0 Å². The second-order valence-electron chi connectivity index (χ2n) is 18.1. The molecular formula is C47H73BO14. The van der Waals surface area contributed by atoms with Crippen LogP contribution in [0.3, 0.4) is 0 Å². The summed E-state index contributed by atoms with van der Waals surface area (Å²) in [4.78, 5) is 54.2. The number of ether oxygens (including phenoxy) is 4. The average molecular weight is 873 g/mol. The Bertz CT molecular complexity index is 1650. The second-order valence-corrected chi connectivity index (χ2v) is 18.1. The highest BCUT2D eigenvalue weighted by Crippen LogP contribution is 2.53. The summed E-state index contributed by atoms with van der Waals surface area (Å²) >= 11 is 0. The van der Waals surface area contributed by atoms with Crippen LogP contribution in [0, 0.1) is 17.8 Å². The maximum absolute atomic E-state index is 14.5. The first-order valence-corrected chi connectivity index (χ1v) is 23.3. The van der Waals surface area contributed by atoms with Gasteiger partial charge in [0.1, 0.15) is 5.78 Å². The molecule has 0 saturated carbocycles. The Morgan fingerprint density at radius 2 is 1.21 bits per heavy atom. The molecule has 62 heavy (non-hydrogen) atoms. The number of hydrogen-bond donors (Lipinski definition) is 2. The minimum atomic E-state index is -3.51. The SMILES string of the molecule is CCCC1OC2(CC)O[B-]34OC2C(=O)OC(C)CCC=CC=CCCC(O)CC(=O)C(C)C2CCC(C)C(O2)(O3)C(O4)C(=O)OC(C)CCC=CC=CCCC(O)CC(=[OH+])C1C. The summed E-state index contributed by atoms with van der Waals surface area (Å²) in [7, 11) is 0. The van der Waals surface area contributed by atoms with E-state index in [0.29, 0.717) is 77.0 Å². The fourth-order valence-electron chi connectivity index (χ4n) is 9.03. The Morgan fingerprint density at radius 3 is 1.77 bits per heavy atom. The molecule has 0 aromatic heterocycles. The third-order valence-corrected chi connectivity index (χ3v) is 13.0. The molecule has 348 valence electrons. The molecule has 5 aliphatic heterocycles. The van der Waals surface area contributed by atoms with E-state index in [0.717, 1.165) is 0 Å². The van der Waals surface area contributed by atoms with Crippen molar-refractivity contribution >= 4 is 30.5 Å². The lowest BCUT2D eigenvalue weighted by Gasteiger charge is -2.48. The smallest absolute Gasteiger partial charge is 0.504 e. The van der Waals surface area contributed by atoms with Crippen LogP contribution in [0.1, 0.15) is 145 Å². The molecule has 3 fully saturated rings. The Labute approximate surface area is 368 Å². The number of fused-ring (bicyclic) bond motifs is 5. The van der Waals surface area contributed by atoms with Gasteiger partial charge in [-0.3, -0.25) is 9.59 Å². The van der Waals surface area contributed by atoms with Gasteiger partial charge in [-0.1, -0.05) is 82.7 Å². The zero-order chi connectivity index (χ0) is 45.1. The molecule has 3 N–H and O–H groups in total. The van der Waals surface area contributed by atoms with E-state index in [9.17, 15) is 29.4 Å². The molecule has 0 aromatic carbocycles. The van der Waals surface area contributed by atoms with E-state index < -0.39 is 97.1 Å². The highest BCUT2D eigenvalue weighted by atomic mass is 17.0. The number of aliphatic hydroxyl groups is 2. The van der Waals surface area contributed by atoms with Gasteiger partial charge in [-0.05, 0) is 97.8 Å². The normalized spacial score (nSPS) is 41.5. The summed E-state index contributed by atoms with van der Waals surface area (Å²) in [5, 5.41) is 21.8. The van der Waals surface area contributed by atoms with Crippen LogP contribution in [0.5, 0.6) is 0 Å². The van der Waals surface area contributed by atoms with Crippen LogP contribution >= 0.6 is 0 Å². The van der Waals surface area contributed by atoms with Crippen molar-refractivity contribution in [3.63, 3.8) is 0 Å². The molecule has 3 saturated heterocycles. The van der Waals surface area contributed by atoms with Gasteiger partial charge >= 0.3 is 24.7 Å². The first-order chi connectivity index (χ1) is 29.6. The minimum Gasteiger partial charge on any atom is -0.504 e. The Morgan fingerprint density at radius 1 is 0.677 bits per heavy atom. The summed E-state index contributed by atoms with van der Waals surface area (Å²) in [6.45, 7) is 9.18. The number of carbonyl (C=O) groups excluding carboxylic acids is 4. The van der Waals surface area contributed by atoms with Crippen LogP contribution in [0.15, 0.2) is 48.6 Å². The minimum absolute atomic E-state index is 0.0225. The molecular weight excluding hydrogens is 799 g/mol. The number of allylic oxidation sites excluding steroid dienone is 8. The van der Waals surface area contributed by atoms with Crippen LogP contribution in [-0.4, -0.2) is 106 Å². The monoisotopic (exact) mass is 873 g/mol. The number of cyclic esters (lactones) is 2. The number of aliphatic hydroxyl groups excluding tert-OH is 2. The summed E-state index contributed by atoms with van der Waals surface area (Å²) in [5.74, 6) is -7.41. The first kappa shape index (κ1) is 50.0. The molecule has 14 nitrogen and oxygen atoms in total. The molecule has 5 rings (SSSR count). The topological polar surface area (TPSA) is 187 Å². The zero-order valence-corrected chi connectivity index (χ0v) is 38.0. The van der Waals surface area contributed by atoms with Crippen molar-refractivity contribution < 1.29 is 67.0 Å². The number of Topliss-reactive ketones (excluding diaryl/α,β-unsaturated/α-hetero) is 1. The van der Waals surface area contributed by atoms with E-state index in [1.54, 1.807) is 34.6 Å². The fourth-order valence-corrected chi connectivity index (χ4v) is 9.03. The molecule has 14 unspecified atom stereocenters. The lowest BCUT2D eigenvalue weighted by molar-refractivity contribution is -0.287. The van der Waals surface area contributed by atoms with E-state index in [2.05, 4.69) is 0 Å². The van der Waals surface area contributed by atoms with E-state index in [1.807, 2.05) is 62.5 Å². The van der Waals surface area contributed by atoms with Crippen molar-refractivity contribution in [1.82, 2.24) is 0 Å². The maximum atomic E-state index is 14.5. The van der Waals surface area contributed by atoms with Gasteiger partial charge in [-0.15, -0.1) is 0 Å². The summed E-state index contributed by atoms with van der Waals surface area (Å²) in [6.07, 6.45) is 14.1. The fraction of sp³-hybridized carbons (Fsp3) is 0.745. The summed E-state index contributed by atoms with van der Waals surface area (Å²) in [6, 6.07) is 0. The highest BCUT2D eigenvalue weighted by Gasteiger charge is 2.70. The third-order valence-electron chi connectivity index (χ3n) is 13.0. The zero-order valence-electron chi connectivity index (χ0n) is 38.0. The van der Waals surface area contributed by atoms with Gasteiger partial charge in [0.15, 0.2) is 23.8 Å². The number of carbonyl (C=O) groups is 3. The van der Waals surface area contributed by atoms with Crippen molar-refractivity contribution in [3.8, 4) is 0 Å². The Hall–Kier alpha value is -3.02. The van der Waals surface area contributed by atoms with Crippen molar-refractivity contribution in [2.75, 3.05) is 0 Å². The lowest BCUT2D eigenvalue weighted by Crippen LogP contribution is -2.58. The number of hydrogen-bond acceptors (Lipinski definition) is 13. The molecule has 0 aromatic rings. The van der Waals surface area contributed by atoms with E-state index in [-0.39, 0.29) is 30.8 Å². The summed E-state index contributed by atoms with van der Waals surface area (Å²) in [5.41, 5.74) is 0. The number of rotatable bonds is 3. The Kier molecular flexibility index (Phi) is 18.3. The van der Waals surface area contributed by atoms with Crippen molar-refractivity contribution in [2.45, 2.75) is 205 Å². The average Bonchev–Trinajstić information content (AvgIpc) is 3.72. The van der Waals surface area contributed by atoms with Gasteiger partial charge in [0.25, 0.3) is 0 Å². The van der Waals surface area contributed by atoms with Crippen molar-refractivity contribution in [3.05, 3.63) is 48.6 Å². The predicted molar refractivity (Wildman–Crippen MR) is 233 cm³/mol. The van der Waals surface area contributed by atoms with Crippen LogP contribution in [-0.2, 0) is 51.9 Å². The molecule has 2 spiro atoms. The number of esters is 2. The lowest BCUT2D eigenvalue weighted by atomic mass is 9.82. The van der Waals surface area contributed by atoms with Gasteiger partial charge in [0.05, 0.1) is 49.0 Å². The predicted octanol–water partition coefficient (Wildman–Crippen LogP) is 7.18.